The molecule has 16 heavy (non-hydrogen) atoms. The molecule has 2 rings (SSSR count). The van der Waals surface area contributed by atoms with Crippen LogP contribution in [0.25, 0.3) is 0 Å². The first-order chi connectivity index (χ1) is 7.59. The predicted molar refractivity (Wildman–Crippen MR) is 65.1 cm³/mol. The summed E-state index contributed by atoms with van der Waals surface area (Å²) in [4.78, 5) is 0. The molecule has 2 atom stereocenters. The van der Waals surface area contributed by atoms with Gasteiger partial charge in [0.15, 0.2) is 0 Å². The summed E-state index contributed by atoms with van der Waals surface area (Å²) in [5, 5.41) is 12.3. The molecular weight excluding hydrogens is 196 g/mol. The van der Waals surface area contributed by atoms with E-state index in [4.69, 9.17) is 5.26 Å². The van der Waals surface area contributed by atoms with Crippen molar-refractivity contribution in [2.24, 2.45) is 5.41 Å². The summed E-state index contributed by atoms with van der Waals surface area (Å²) >= 11 is 0. The zero-order valence-corrected chi connectivity index (χ0v) is 10.1. The fourth-order valence-electron chi connectivity index (χ4n) is 2.81. The van der Waals surface area contributed by atoms with E-state index in [1.54, 1.807) is 0 Å². The van der Waals surface area contributed by atoms with E-state index in [9.17, 15) is 0 Å². The summed E-state index contributed by atoms with van der Waals surface area (Å²) in [6.45, 7) is 4.59. The molecule has 1 aromatic carbocycles. The fourth-order valence-corrected chi connectivity index (χ4v) is 2.81. The third-order valence-corrected chi connectivity index (χ3v) is 4.03. The number of hydrogen-bond donors (Lipinski definition) is 1. The molecule has 1 aromatic rings. The third kappa shape index (κ3) is 1.62. The molecule has 0 amide bonds. The van der Waals surface area contributed by atoms with Crippen molar-refractivity contribution in [3.63, 3.8) is 0 Å². The molecule has 2 unspecified atom stereocenters. The van der Waals surface area contributed by atoms with Gasteiger partial charge in [-0.3, -0.25) is 0 Å². The minimum absolute atomic E-state index is 0.281. The normalized spacial score (nSPS) is 26.9. The van der Waals surface area contributed by atoms with Crippen LogP contribution in [0.15, 0.2) is 24.3 Å². The second-order valence-electron chi connectivity index (χ2n) is 5.19. The summed E-state index contributed by atoms with van der Waals surface area (Å²) in [7, 11) is 2.02. The molecule has 0 aromatic heterocycles. The molecule has 2 nitrogen and oxygen atoms in total. The van der Waals surface area contributed by atoms with Gasteiger partial charge in [-0.15, -0.1) is 0 Å². The summed E-state index contributed by atoms with van der Waals surface area (Å²) in [6, 6.07) is 10.8. The minimum Gasteiger partial charge on any atom is -0.316 e. The van der Waals surface area contributed by atoms with Crippen LogP contribution < -0.4 is 5.32 Å². The molecule has 0 spiro atoms. The molecule has 0 bridgehead atoms. The van der Waals surface area contributed by atoms with Gasteiger partial charge in [0.05, 0.1) is 11.6 Å². The number of rotatable bonds is 2. The molecule has 1 aliphatic rings. The van der Waals surface area contributed by atoms with Crippen molar-refractivity contribution in [3.8, 4) is 6.07 Å². The van der Waals surface area contributed by atoms with E-state index in [0.717, 1.165) is 5.56 Å². The van der Waals surface area contributed by atoms with Crippen LogP contribution in [0.3, 0.4) is 0 Å². The van der Waals surface area contributed by atoms with Gasteiger partial charge in [-0.2, -0.15) is 5.26 Å². The van der Waals surface area contributed by atoms with Gasteiger partial charge >= 0.3 is 0 Å². The molecule has 0 saturated heterocycles. The summed E-state index contributed by atoms with van der Waals surface area (Å²) in [5.74, 6) is 0.568. The Balaban J connectivity index is 2.24. The Hall–Kier alpha value is -1.33. The highest BCUT2D eigenvalue weighted by Gasteiger charge is 2.47. The van der Waals surface area contributed by atoms with Crippen LogP contribution in [-0.4, -0.2) is 13.1 Å². The Kier molecular flexibility index (Phi) is 2.73. The summed E-state index contributed by atoms with van der Waals surface area (Å²) in [6.07, 6.45) is 1.17. The maximum Gasteiger partial charge on any atom is 0.0991 e. The second kappa shape index (κ2) is 3.92. The molecule has 84 valence electrons. The number of benzene rings is 1. The van der Waals surface area contributed by atoms with Gasteiger partial charge in [0.1, 0.15) is 0 Å². The average molecular weight is 214 g/mol. The van der Waals surface area contributed by atoms with Gasteiger partial charge in [-0.25, -0.2) is 0 Å². The summed E-state index contributed by atoms with van der Waals surface area (Å²) < 4.78 is 0. The zero-order valence-electron chi connectivity index (χ0n) is 10.1. The molecule has 0 aliphatic heterocycles. The topological polar surface area (TPSA) is 35.8 Å². The Morgan fingerprint density at radius 3 is 2.75 bits per heavy atom. The average Bonchev–Trinajstić information content (AvgIpc) is 2.28. The van der Waals surface area contributed by atoms with E-state index >= 15 is 0 Å². The Labute approximate surface area is 97.3 Å². The van der Waals surface area contributed by atoms with Crippen molar-refractivity contribution in [2.75, 3.05) is 7.05 Å². The minimum atomic E-state index is 0.281. The quantitative estimate of drug-likeness (QED) is 0.821. The monoisotopic (exact) mass is 214 g/mol. The lowest BCUT2D eigenvalue weighted by molar-refractivity contribution is 0.0751. The number of nitrogens with one attached hydrogen (secondary N) is 1. The molecular formula is C14H18N2. The largest absolute Gasteiger partial charge is 0.316 e. The van der Waals surface area contributed by atoms with Crippen molar-refractivity contribution in [2.45, 2.75) is 32.2 Å². The number of nitriles is 1. The van der Waals surface area contributed by atoms with Crippen molar-refractivity contribution in [1.82, 2.24) is 5.32 Å². The van der Waals surface area contributed by atoms with Crippen molar-refractivity contribution in [3.05, 3.63) is 35.4 Å². The first-order valence-corrected chi connectivity index (χ1v) is 5.77. The zero-order chi connectivity index (χ0) is 11.8. The highest BCUT2D eigenvalue weighted by atomic mass is 14.9. The number of hydrogen-bond acceptors (Lipinski definition) is 2. The first kappa shape index (κ1) is 11.2. The van der Waals surface area contributed by atoms with Gasteiger partial charge in [-0.1, -0.05) is 26.0 Å². The molecule has 1 N–H and O–H groups in total. The van der Waals surface area contributed by atoms with E-state index in [0.29, 0.717) is 12.0 Å². The standard InChI is InChI=1S/C14H18N2/c1-14(2)12(8-13(14)16-3)11-6-4-5-10(7-11)9-15/h4-7,12-13,16H,8H2,1-3H3. The molecule has 0 radical (unpaired) electrons. The third-order valence-electron chi connectivity index (χ3n) is 4.03. The molecule has 1 fully saturated rings. The Morgan fingerprint density at radius 1 is 1.44 bits per heavy atom. The summed E-state index contributed by atoms with van der Waals surface area (Å²) in [5.41, 5.74) is 2.35. The van der Waals surface area contributed by atoms with E-state index in [1.165, 1.54) is 12.0 Å². The molecule has 2 heteroatoms. The number of nitrogens with zero attached hydrogens (tertiary/aromatic N) is 1. The van der Waals surface area contributed by atoms with E-state index in [2.05, 4.69) is 31.3 Å². The lowest BCUT2D eigenvalue weighted by Gasteiger charge is -2.52. The SMILES string of the molecule is CNC1CC(c2cccc(C#N)c2)C1(C)C. The van der Waals surface area contributed by atoms with E-state index in [1.807, 2.05) is 25.2 Å². The van der Waals surface area contributed by atoms with Crippen molar-refractivity contribution in [1.29, 1.82) is 5.26 Å². The van der Waals surface area contributed by atoms with Gasteiger partial charge in [0.25, 0.3) is 0 Å². The van der Waals surface area contributed by atoms with Crippen LogP contribution in [0.2, 0.25) is 0 Å². The molecule has 1 aliphatic carbocycles. The predicted octanol–water partition coefficient (Wildman–Crippen LogP) is 2.66. The van der Waals surface area contributed by atoms with Crippen LogP contribution in [0, 0.1) is 16.7 Å². The molecule has 1 saturated carbocycles. The first-order valence-electron chi connectivity index (χ1n) is 5.77. The van der Waals surface area contributed by atoms with Crippen LogP contribution >= 0.6 is 0 Å². The maximum absolute atomic E-state index is 8.90. The van der Waals surface area contributed by atoms with Gasteiger partial charge < -0.3 is 5.32 Å². The lowest BCUT2D eigenvalue weighted by Crippen LogP contribution is -2.54. The Bertz CT molecular complexity index is 429. The van der Waals surface area contributed by atoms with Crippen LogP contribution in [0.4, 0.5) is 0 Å². The van der Waals surface area contributed by atoms with Crippen molar-refractivity contribution >= 4 is 0 Å². The fraction of sp³-hybridized carbons (Fsp3) is 0.500. The Morgan fingerprint density at radius 2 is 2.19 bits per heavy atom. The van der Waals surface area contributed by atoms with Crippen molar-refractivity contribution < 1.29 is 0 Å². The smallest absolute Gasteiger partial charge is 0.0991 e. The highest BCUT2D eigenvalue weighted by Crippen LogP contribution is 2.52. The highest BCUT2D eigenvalue weighted by molar-refractivity contribution is 5.37. The van der Waals surface area contributed by atoms with Crippen LogP contribution in [0.5, 0.6) is 0 Å². The van der Waals surface area contributed by atoms with E-state index in [-0.39, 0.29) is 5.41 Å². The van der Waals surface area contributed by atoms with Crippen LogP contribution in [-0.2, 0) is 0 Å². The van der Waals surface area contributed by atoms with Gasteiger partial charge in [-0.05, 0) is 42.5 Å². The second-order valence-corrected chi connectivity index (χ2v) is 5.19. The van der Waals surface area contributed by atoms with E-state index < -0.39 is 0 Å². The van der Waals surface area contributed by atoms with Gasteiger partial charge in [0.2, 0.25) is 0 Å². The lowest BCUT2D eigenvalue weighted by atomic mass is 9.56. The molecule has 0 heterocycles. The maximum atomic E-state index is 8.90. The van der Waals surface area contributed by atoms with Crippen LogP contribution in [0.1, 0.15) is 37.3 Å². The van der Waals surface area contributed by atoms with Gasteiger partial charge in [0, 0.05) is 6.04 Å².